The summed E-state index contributed by atoms with van der Waals surface area (Å²) in [5.74, 6) is 0. The number of allylic oxidation sites excluding steroid dienone is 2. The quantitative estimate of drug-likeness (QED) is 0.178. The van der Waals surface area contributed by atoms with Crippen molar-refractivity contribution in [3.05, 3.63) is 129 Å². The van der Waals surface area contributed by atoms with Gasteiger partial charge in [0.1, 0.15) is 0 Å². The van der Waals surface area contributed by atoms with Crippen molar-refractivity contribution in [3.8, 4) is 22.3 Å². The van der Waals surface area contributed by atoms with Crippen molar-refractivity contribution in [1.29, 1.82) is 0 Å². The van der Waals surface area contributed by atoms with E-state index in [9.17, 15) is 0 Å². The average Bonchev–Trinajstić information content (AvgIpc) is 3.55. The van der Waals surface area contributed by atoms with E-state index in [0.717, 1.165) is 0 Å². The predicted molar refractivity (Wildman–Crippen MR) is 208 cm³/mol. The minimum atomic E-state index is -2.18. The Morgan fingerprint density at radius 2 is 0.900 bits per heavy atom. The molecule has 0 fully saturated rings. The van der Waals surface area contributed by atoms with Crippen LogP contribution in [0, 0.1) is 0 Å². The van der Waals surface area contributed by atoms with Gasteiger partial charge in [0, 0.05) is 0 Å². The van der Waals surface area contributed by atoms with Crippen LogP contribution >= 0.6 is 0 Å². The van der Waals surface area contributed by atoms with Gasteiger partial charge in [-0.2, -0.15) is 0 Å². The first-order valence-corrected chi connectivity index (χ1v) is 24.3. The molecule has 3 aliphatic rings. The summed E-state index contributed by atoms with van der Waals surface area (Å²) in [7, 11) is -2.18. The SMILES string of the molecule is CCCC1=C2c3c(-c4ccc(C(C)(C)C)cc4)cccc3[CH]1[Zr+2][CH]1C(CCC)=C(c3c(-c4ccc(C(C)(C)C)cc4)cccc31)[Si]2(C)C.[Cl-].[Cl-]. The number of rotatable bonds is 6. The van der Waals surface area contributed by atoms with Crippen molar-refractivity contribution in [1.82, 2.24) is 0 Å². The third kappa shape index (κ3) is 6.48. The standard InChI is InChI=1S/C46H54Si.2ClH.Zr/c1-11-15-35-29-33-17-13-19-39(31-21-25-37(26-22-31)45(3,4)5)41(33)43(35)47(9,10)44-36(16-12-2)30-34-18-14-20-40(42(34)44)32-23-27-38(28-24-32)46(6,7)8;;;/h13-14,17-30H,11-12,15-16H2,1-10H3;2*1H;/q;;;+2/p-2. The molecule has 2 unspecified atom stereocenters. The zero-order chi connectivity index (χ0) is 34.2. The molecule has 0 aromatic heterocycles. The average molecular weight is 797 g/mol. The number of hydrogen-bond acceptors (Lipinski definition) is 0. The fourth-order valence-electron chi connectivity index (χ4n) is 9.12. The van der Waals surface area contributed by atoms with Gasteiger partial charge in [0.05, 0.1) is 0 Å². The predicted octanol–water partition coefficient (Wildman–Crippen LogP) is 7.42. The van der Waals surface area contributed by atoms with Crippen LogP contribution in [-0.4, -0.2) is 8.07 Å². The molecular formula is C46H54Cl2SiZr. The number of hydrogen-bond donors (Lipinski definition) is 0. The molecule has 0 N–H and O–H groups in total. The fourth-order valence-corrected chi connectivity index (χ4v) is 19.3. The summed E-state index contributed by atoms with van der Waals surface area (Å²) in [6.45, 7) is 24.2. The smallest absolute Gasteiger partial charge is 1.00 e. The molecule has 1 aliphatic heterocycles. The summed E-state index contributed by atoms with van der Waals surface area (Å²) in [6, 6.07) is 33.9. The first kappa shape index (κ1) is 39.3. The summed E-state index contributed by atoms with van der Waals surface area (Å²) in [5, 5.41) is 3.60. The van der Waals surface area contributed by atoms with E-state index in [1.54, 1.807) is 32.6 Å². The van der Waals surface area contributed by atoms with Gasteiger partial charge in [0.15, 0.2) is 0 Å². The molecule has 0 amide bonds. The molecule has 7 rings (SSSR count). The minimum Gasteiger partial charge on any atom is -1.00 e. The number of halogens is 2. The van der Waals surface area contributed by atoms with Crippen molar-refractivity contribution in [2.45, 2.75) is 112 Å². The first-order valence-electron chi connectivity index (χ1n) is 18.5. The summed E-state index contributed by atoms with van der Waals surface area (Å²) >= 11 is -0.970. The normalized spacial score (nSPS) is 18.6. The van der Waals surface area contributed by atoms with E-state index in [0.29, 0.717) is 7.25 Å². The van der Waals surface area contributed by atoms with Crippen LogP contribution in [0.15, 0.2) is 96.1 Å². The van der Waals surface area contributed by atoms with E-state index in [-0.39, 0.29) is 35.6 Å². The molecule has 4 aromatic rings. The van der Waals surface area contributed by atoms with Gasteiger partial charge in [-0.25, -0.2) is 0 Å². The van der Waals surface area contributed by atoms with Gasteiger partial charge in [0.25, 0.3) is 0 Å². The maximum Gasteiger partial charge on any atom is -1.00 e. The Morgan fingerprint density at radius 3 is 1.22 bits per heavy atom. The van der Waals surface area contributed by atoms with Gasteiger partial charge in [-0.15, -0.1) is 0 Å². The minimum absolute atomic E-state index is 0. The summed E-state index contributed by atoms with van der Waals surface area (Å²) in [5.41, 5.74) is 19.2. The maximum atomic E-state index is 2.73. The Bertz CT molecular complexity index is 1810. The topological polar surface area (TPSA) is 0 Å². The molecule has 2 aliphatic carbocycles. The van der Waals surface area contributed by atoms with Gasteiger partial charge in [-0.05, 0) is 0 Å². The summed E-state index contributed by atoms with van der Waals surface area (Å²) in [6.07, 6.45) is 4.95. The first-order chi connectivity index (χ1) is 22.8. The fraction of sp³-hybridized carbons (Fsp3) is 0.391. The second kappa shape index (κ2) is 14.5. The van der Waals surface area contributed by atoms with Gasteiger partial charge in [0.2, 0.25) is 0 Å². The second-order valence-electron chi connectivity index (χ2n) is 17.2. The molecular weight excluding hydrogens is 743 g/mol. The van der Waals surface area contributed by atoms with E-state index in [1.807, 2.05) is 11.1 Å². The third-order valence-corrected chi connectivity index (χ3v) is 19.9. The van der Waals surface area contributed by atoms with Gasteiger partial charge in [-0.1, -0.05) is 0 Å². The van der Waals surface area contributed by atoms with Crippen LogP contribution in [0.1, 0.15) is 122 Å². The molecule has 2 atom stereocenters. The molecule has 260 valence electrons. The number of benzene rings is 4. The van der Waals surface area contributed by atoms with Gasteiger partial charge < -0.3 is 24.8 Å². The van der Waals surface area contributed by atoms with Crippen molar-refractivity contribution in [3.63, 3.8) is 0 Å². The second-order valence-corrected chi connectivity index (χ2v) is 25.1. The zero-order valence-electron chi connectivity index (χ0n) is 31.8. The van der Waals surface area contributed by atoms with Crippen LogP contribution in [0.4, 0.5) is 0 Å². The van der Waals surface area contributed by atoms with Crippen LogP contribution in [0.5, 0.6) is 0 Å². The monoisotopic (exact) mass is 794 g/mol. The maximum absolute atomic E-state index is 2.73. The van der Waals surface area contributed by atoms with Crippen LogP contribution < -0.4 is 24.8 Å². The van der Waals surface area contributed by atoms with Crippen molar-refractivity contribution < 1.29 is 48.0 Å². The van der Waals surface area contributed by atoms with E-state index < -0.39 is 31.3 Å². The van der Waals surface area contributed by atoms with Crippen LogP contribution in [0.3, 0.4) is 0 Å². The van der Waals surface area contributed by atoms with Crippen molar-refractivity contribution >= 4 is 18.5 Å². The Morgan fingerprint density at radius 1 is 0.540 bits per heavy atom. The summed E-state index contributed by atoms with van der Waals surface area (Å²) < 4.78 is 1.33. The van der Waals surface area contributed by atoms with Gasteiger partial charge in [-0.3, -0.25) is 0 Å². The Labute approximate surface area is 328 Å². The molecule has 0 nitrogen and oxygen atoms in total. The Hall–Kier alpha value is -1.96. The summed E-state index contributed by atoms with van der Waals surface area (Å²) in [4.78, 5) is 0. The molecule has 4 bridgehead atoms. The van der Waals surface area contributed by atoms with Crippen LogP contribution in [0.25, 0.3) is 32.6 Å². The molecule has 0 spiro atoms. The largest absolute Gasteiger partial charge is 1.00 e. The molecule has 50 heavy (non-hydrogen) atoms. The van der Waals surface area contributed by atoms with Crippen molar-refractivity contribution in [2.24, 2.45) is 0 Å². The molecule has 4 heteroatoms. The van der Waals surface area contributed by atoms with Crippen LogP contribution in [0.2, 0.25) is 13.1 Å². The Kier molecular flexibility index (Phi) is 11.4. The Balaban J connectivity index is 0.00000243. The van der Waals surface area contributed by atoms with E-state index in [1.165, 1.54) is 59.1 Å². The van der Waals surface area contributed by atoms with E-state index in [4.69, 9.17) is 0 Å². The number of fused-ring (bicyclic) bond motifs is 8. The van der Waals surface area contributed by atoms with Gasteiger partial charge >= 0.3 is 306 Å². The molecule has 1 heterocycles. The third-order valence-electron chi connectivity index (χ3n) is 11.4. The zero-order valence-corrected chi connectivity index (χ0v) is 36.8. The molecule has 0 radical (unpaired) electrons. The van der Waals surface area contributed by atoms with E-state index in [2.05, 4.69) is 153 Å². The van der Waals surface area contributed by atoms with Crippen LogP contribution in [-0.2, 0) is 34.1 Å². The molecule has 0 saturated heterocycles. The van der Waals surface area contributed by atoms with Crippen molar-refractivity contribution in [2.75, 3.05) is 0 Å². The van der Waals surface area contributed by atoms with E-state index >= 15 is 0 Å². The molecule has 0 saturated carbocycles. The molecule has 4 aromatic carbocycles.